The summed E-state index contributed by atoms with van der Waals surface area (Å²) in [5, 5.41) is 3.85. The van der Waals surface area contributed by atoms with Gasteiger partial charge in [-0.15, -0.1) is 0 Å². The lowest BCUT2D eigenvalue weighted by atomic mass is 10.2. The van der Waals surface area contributed by atoms with Gasteiger partial charge in [0.2, 0.25) is 0 Å². The van der Waals surface area contributed by atoms with Crippen molar-refractivity contribution < 1.29 is 8.78 Å². The largest absolute Gasteiger partial charge is 0.380 e. The van der Waals surface area contributed by atoms with Gasteiger partial charge in [0.05, 0.1) is 15.7 Å². The molecule has 94 valence electrons. The Morgan fingerprint density at radius 1 is 1.00 bits per heavy atom. The molecule has 0 amide bonds. The quantitative estimate of drug-likeness (QED) is 0.848. The van der Waals surface area contributed by atoms with E-state index in [0.717, 1.165) is 12.1 Å². The molecule has 0 aliphatic carbocycles. The molecule has 0 heterocycles. The van der Waals surface area contributed by atoms with Gasteiger partial charge in [0, 0.05) is 6.54 Å². The number of anilines is 1. The van der Waals surface area contributed by atoms with Crippen molar-refractivity contribution >= 4 is 28.9 Å². The lowest BCUT2D eigenvalue weighted by Crippen LogP contribution is -2.01. The monoisotopic (exact) mass is 287 g/mol. The molecule has 0 aliphatic rings. The summed E-state index contributed by atoms with van der Waals surface area (Å²) in [5.41, 5.74) is 1.26. The minimum absolute atomic E-state index is 0.331. The molecule has 0 radical (unpaired) electrons. The highest BCUT2D eigenvalue weighted by molar-refractivity contribution is 6.43. The molecule has 2 aromatic carbocycles. The van der Waals surface area contributed by atoms with Crippen molar-refractivity contribution in [1.82, 2.24) is 0 Å². The van der Waals surface area contributed by atoms with Crippen molar-refractivity contribution in [3.05, 3.63) is 63.6 Å². The van der Waals surface area contributed by atoms with Crippen molar-refractivity contribution in [2.45, 2.75) is 6.54 Å². The highest BCUT2D eigenvalue weighted by Gasteiger charge is 2.05. The topological polar surface area (TPSA) is 12.0 Å². The van der Waals surface area contributed by atoms with Crippen LogP contribution in [0, 0.1) is 11.6 Å². The third-order valence-electron chi connectivity index (χ3n) is 2.42. The van der Waals surface area contributed by atoms with Crippen molar-refractivity contribution in [3.63, 3.8) is 0 Å². The second kappa shape index (κ2) is 5.55. The summed E-state index contributed by atoms with van der Waals surface area (Å²) in [7, 11) is 0. The Morgan fingerprint density at radius 3 is 2.50 bits per heavy atom. The molecular formula is C13H9Cl2F2N. The molecule has 2 aromatic rings. The highest BCUT2D eigenvalue weighted by atomic mass is 35.5. The smallest absolute Gasteiger partial charge is 0.159 e. The SMILES string of the molecule is Fc1ccc(CNc2cccc(Cl)c2Cl)cc1F. The van der Waals surface area contributed by atoms with E-state index in [0.29, 0.717) is 27.8 Å². The summed E-state index contributed by atoms with van der Waals surface area (Å²) < 4.78 is 25.7. The zero-order valence-electron chi connectivity index (χ0n) is 9.18. The lowest BCUT2D eigenvalue weighted by Gasteiger charge is -2.09. The van der Waals surface area contributed by atoms with Crippen molar-refractivity contribution in [3.8, 4) is 0 Å². The molecule has 0 saturated carbocycles. The standard InChI is InChI=1S/C13H9Cl2F2N/c14-9-2-1-3-12(13(9)15)18-7-8-4-5-10(16)11(17)6-8/h1-6,18H,7H2. The van der Waals surface area contributed by atoms with Gasteiger partial charge in [-0.25, -0.2) is 8.78 Å². The predicted octanol–water partition coefficient (Wildman–Crippen LogP) is 4.88. The molecule has 0 aromatic heterocycles. The van der Waals surface area contributed by atoms with E-state index in [1.165, 1.54) is 6.07 Å². The maximum absolute atomic E-state index is 13.0. The van der Waals surface area contributed by atoms with Crippen LogP contribution in [0.25, 0.3) is 0 Å². The Labute approximate surface area is 113 Å². The summed E-state index contributed by atoms with van der Waals surface area (Å²) >= 11 is 11.8. The minimum Gasteiger partial charge on any atom is -0.380 e. The van der Waals surface area contributed by atoms with Gasteiger partial charge in [0.15, 0.2) is 11.6 Å². The third-order valence-corrected chi connectivity index (χ3v) is 3.24. The second-order valence-electron chi connectivity index (χ2n) is 3.70. The zero-order chi connectivity index (χ0) is 13.1. The molecule has 0 spiro atoms. The molecule has 1 nitrogen and oxygen atoms in total. The van der Waals surface area contributed by atoms with Crippen LogP contribution in [0.15, 0.2) is 36.4 Å². The van der Waals surface area contributed by atoms with Crippen molar-refractivity contribution in [2.24, 2.45) is 0 Å². The minimum atomic E-state index is -0.869. The molecule has 0 fully saturated rings. The summed E-state index contributed by atoms with van der Waals surface area (Å²) in [4.78, 5) is 0. The summed E-state index contributed by atoms with van der Waals surface area (Å²) in [6, 6.07) is 8.92. The number of benzene rings is 2. The summed E-state index contributed by atoms with van der Waals surface area (Å²) in [5.74, 6) is -1.73. The number of nitrogens with one attached hydrogen (secondary N) is 1. The van der Waals surface area contributed by atoms with E-state index in [4.69, 9.17) is 23.2 Å². The third kappa shape index (κ3) is 2.92. The fourth-order valence-electron chi connectivity index (χ4n) is 1.49. The first kappa shape index (κ1) is 13.1. The first-order valence-corrected chi connectivity index (χ1v) is 5.95. The predicted molar refractivity (Wildman–Crippen MR) is 70.1 cm³/mol. The van der Waals surface area contributed by atoms with Gasteiger partial charge in [-0.2, -0.15) is 0 Å². The van der Waals surface area contributed by atoms with E-state index in [9.17, 15) is 8.78 Å². The first-order chi connectivity index (χ1) is 8.58. The van der Waals surface area contributed by atoms with Gasteiger partial charge in [0.25, 0.3) is 0 Å². The van der Waals surface area contributed by atoms with Gasteiger partial charge in [-0.1, -0.05) is 35.3 Å². The highest BCUT2D eigenvalue weighted by Crippen LogP contribution is 2.29. The molecule has 18 heavy (non-hydrogen) atoms. The molecule has 5 heteroatoms. The van der Waals surface area contributed by atoms with Crippen LogP contribution in [-0.2, 0) is 6.54 Å². The van der Waals surface area contributed by atoms with Gasteiger partial charge in [0.1, 0.15) is 0 Å². The molecule has 0 aliphatic heterocycles. The molecule has 0 unspecified atom stereocenters. The van der Waals surface area contributed by atoms with Crippen LogP contribution >= 0.6 is 23.2 Å². The molecule has 1 N–H and O–H groups in total. The van der Waals surface area contributed by atoms with Crippen LogP contribution in [0.3, 0.4) is 0 Å². The maximum atomic E-state index is 13.0. The Hall–Kier alpha value is -1.32. The lowest BCUT2D eigenvalue weighted by molar-refractivity contribution is 0.507. The van der Waals surface area contributed by atoms with E-state index in [1.54, 1.807) is 18.2 Å². The molecular weight excluding hydrogens is 279 g/mol. The number of hydrogen-bond acceptors (Lipinski definition) is 1. The Morgan fingerprint density at radius 2 is 1.78 bits per heavy atom. The van der Waals surface area contributed by atoms with Crippen LogP contribution in [0.1, 0.15) is 5.56 Å². The Kier molecular flexibility index (Phi) is 4.04. The average molecular weight is 288 g/mol. The van der Waals surface area contributed by atoms with Gasteiger partial charge in [-0.05, 0) is 29.8 Å². The van der Waals surface area contributed by atoms with Crippen molar-refractivity contribution in [2.75, 3.05) is 5.32 Å². The summed E-state index contributed by atoms with van der Waals surface area (Å²) in [6.45, 7) is 0.331. The van der Waals surface area contributed by atoms with E-state index >= 15 is 0 Å². The summed E-state index contributed by atoms with van der Waals surface area (Å²) in [6.07, 6.45) is 0. The fraction of sp³-hybridized carbons (Fsp3) is 0.0769. The van der Waals surface area contributed by atoms with Crippen LogP contribution in [0.5, 0.6) is 0 Å². The van der Waals surface area contributed by atoms with Crippen molar-refractivity contribution in [1.29, 1.82) is 0 Å². The number of halogens is 4. The van der Waals surface area contributed by atoms with Gasteiger partial charge < -0.3 is 5.32 Å². The maximum Gasteiger partial charge on any atom is 0.159 e. The normalized spacial score (nSPS) is 10.4. The van der Waals surface area contributed by atoms with Gasteiger partial charge >= 0.3 is 0 Å². The first-order valence-electron chi connectivity index (χ1n) is 5.20. The molecule has 2 rings (SSSR count). The fourth-order valence-corrected chi connectivity index (χ4v) is 1.85. The van der Waals surface area contributed by atoms with Crippen LogP contribution < -0.4 is 5.32 Å². The van der Waals surface area contributed by atoms with E-state index < -0.39 is 11.6 Å². The Bertz CT molecular complexity index is 573. The Balaban J connectivity index is 2.11. The van der Waals surface area contributed by atoms with E-state index in [-0.39, 0.29) is 0 Å². The average Bonchev–Trinajstić information content (AvgIpc) is 2.35. The number of rotatable bonds is 3. The van der Waals surface area contributed by atoms with E-state index in [2.05, 4.69) is 5.32 Å². The van der Waals surface area contributed by atoms with Crippen LogP contribution in [-0.4, -0.2) is 0 Å². The molecule has 0 atom stereocenters. The van der Waals surface area contributed by atoms with Crippen LogP contribution in [0.2, 0.25) is 10.0 Å². The zero-order valence-corrected chi connectivity index (χ0v) is 10.7. The van der Waals surface area contributed by atoms with Crippen LogP contribution in [0.4, 0.5) is 14.5 Å². The number of hydrogen-bond donors (Lipinski definition) is 1. The van der Waals surface area contributed by atoms with E-state index in [1.807, 2.05) is 0 Å². The molecule has 0 saturated heterocycles. The second-order valence-corrected chi connectivity index (χ2v) is 4.49. The van der Waals surface area contributed by atoms with Gasteiger partial charge in [-0.3, -0.25) is 0 Å². The molecule has 0 bridgehead atoms.